The third-order valence-corrected chi connectivity index (χ3v) is 12.2. The van der Waals surface area contributed by atoms with Crippen LogP contribution in [-0.2, 0) is 0 Å². The number of hydrogen-bond acceptors (Lipinski definition) is 2. The molecule has 4 nitrogen and oxygen atoms in total. The van der Waals surface area contributed by atoms with Crippen molar-refractivity contribution in [2.24, 2.45) is 0 Å². The number of aromatic nitrogens is 4. The predicted molar refractivity (Wildman–Crippen MR) is 258 cm³/mol. The van der Waals surface area contributed by atoms with E-state index in [0.717, 1.165) is 83.5 Å². The third-order valence-electron chi connectivity index (χ3n) is 12.2. The smallest absolute Gasteiger partial charge is 0.160 e. The van der Waals surface area contributed by atoms with Crippen molar-refractivity contribution in [2.45, 2.75) is 0 Å². The van der Waals surface area contributed by atoms with E-state index in [1.54, 1.807) is 0 Å². The summed E-state index contributed by atoms with van der Waals surface area (Å²) >= 11 is 0. The van der Waals surface area contributed by atoms with Crippen LogP contribution in [0.15, 0.2) is 224 Å². The highest BCUT2D eigenvalue weighted by Gasteiger charge is 2.18. The van der Waals surface area contributed by atoms with Crippen LogP contribution in [0, 0.1) is 5.82 Å². The molecule has 12 rings (SSSR count). The van der Waals surface area contributed by atoms with Gasteiger partial charge in [0, 0.05) is 49.6 Å². The van der Waals surface area contributed by atoms with Crippen molar-refractivity contribution in [3.8, 4) is 67.5 Å². The van der Waals surface area contributed by atoms with Crippen molar-refractivity contribution in [3.63, 3.8) is 0 Å². The Labute approximate surface area is 363 Å². The minimum atomic E-state index is -0.247. The molecule has 5 heteroatoms. The Hall–Kier alpha value is -8.41. The third kappa shape index (κ3) is 6.37. The van der Waals surface area contributed by atoms with Gasteiger partial charge >= 0.3 is 0 Å². The van der Waals surface area contributed by atoms with Crippen LogP contribution in [-0.4, -0.2) is 19.1 Å². The molecule has 0 atom stereocenters. The van der Waals surface area contributed by atoms with E-state index < -0.39 is 0 Å². The van der Waals surface area contributed by atoms with Crippen LogP contribution >= 0.6 is 0 Å². The molecule has 0 N–H and O–H groups in total. The highest BCUT2D eigenvalue weighted by molar-refractivity contribution is 6.13. The maximum Gasteiger partial charge on any atom is 0.160 e. The largest absolute Gasteiger partial charge is 0.309 e. The number of benzene rings is 9. The van der Waals surface area contributed by atoms with Crippen LogP contribution in [0.3, 0.4) is 0 Å². The summed E-state index contributed by atoms with van der Waals surface area (Å²) < 4.78 is 18.7. The van der Waals surface area contributed by atoms with Gasteiger partial charge in [0.05, 0.1) is 33.5 Å². The molecular weight excluding hydrogens is 772 g/mol. The molecule has 63 heavy (non-hydrogen) atoms. The SMILES string of the molecule is Fc1ccc(-c2ccc3c(c2)c2cc(-c4ccc5c(c4)c4ccccc4n5-c4ccccc4)ccc2n3-c2ccc(-c3cc(-c4ccccc4)nc(-c4ccccc4)n3)cc2)cc1. The minimum absolute atomic E-state index is 0.247. The zero-order valence-electron chi connectivity index (χ0n) is 34.0. The Morgan fingerprint density at radius 3 is 1.25 bits per heavy atom. The molecule has 0 amide bonds. The molecule has 3 aromatic heterocycles. The van der Waals surface area contributed by atoms with Gasteiger partial charge in [0.15, 0.2) is 5.82 Å². The first kappa shape index (κ1) is 36.4. The molecule has 12 aromatic rings. The fourth-order valence-corrected chi connectivity index (χ4v) is 9.16. The summed E-state index contributed by atoms with van der Waals surface area (Å²) in [5.41, 5.74) is 15.7. The fraction of sp³-hybridized carbons (Fsp3) is 0. The van der Waals surface area contributed by atoms with Gasteiger partial charge in [-0.3, -0.25) is 0 Å². The monoisotopic (exact) mass is 808 g/mol. The molecule has 0 aliphatic rings. The lowest BCUT2D eigenvalue weighted by molar-refractivity contribution is 0.628. The lowest BCUT2D eigenvalue weighted by Gasteiger charge is -2.12. The molecular formula is C58H37FN4. The number of halogens is 1. The Balaban J connectivity index is 1.00. The molecule has 296 valence electrons. The second kappa shape index (κ2) is 14.9. The zero-order valence-corrected chi connectivity index (χ0v) is 34.0. The van der Waals surface area contributed by atoms with Gasteiger partial charge in [-0.25, -0.2) is 14.4 Å². The molecule has 0 bridgehead atoms. The van der Waals surface area contributed by atoms with Crippen molar-refractivity contribution in [1.29, 1.82) is 0 Å². The van der Waals surface area contributed by atoms with Gasteiger partial charge in [0.25, 0.3) is 0 Å². The van der Waals surface area contributed by atoms with Crippen molar-refractivity contribution >= 4 is 43.6 Å². The number of para-hydroxylation sites is 2. The summed E-state index contributed by atoms with van der Waals surface area (Å²) in [4.78, 5) is 10.1. The van der Waals surface area contributed by atoms with E-state index in [1.807, 2.05) is 48.5 Å². The van der Waals surface area contributed by atoms with Crippen LogP contribution in [0.4, 0.5) is 4.39 Å². The van der Waals surface area contributed by atoms with E-state index >= 15 is 0 Å². The number of rotatable bonds is 7. The Kier molecular flexibility index (Phi) is 8.64. The summed E-state index contributed by atoms with van der Waals surface area (Å²) in [7, 11) is 0. The molecule has 0 radical (unpaired) electrons. The number of fused-ring (bicyclic) bond motifs is 6. The normalized spacial score (nSPS) is 11.6. The second-order valence-electron chi connectivity index (χ2n) is 16.0. The quantitative estimate of drug-likeness (QED) is 0.161. The average Bonchev–Trinajstić information content (AvgIpc) is 3.87. The van der Waals surface area contributed by atoms with E-state index in [1.165, 1.54) is 33.9 Å². The van der Waals surface area contributed by atoms with Crippen LogP contribution in [0.25, 0.3) is 111 Å². The van der Waals surface area contributed by atoms with Crippen molar-refractivity contribution in [1.82, 2.24) is 19.1 Å². The van der Waals surface area contributed by atoms with Crippen molar-refractivity contribution in [2.75, 3.05) is 0 Å². The van der Waals surface area contributed by atoms with E-state index in [2.05, 4.69) is 173 Å². The van der Waals surface area contributed by atoms with Gasteiger partial charge in [-0.1, -0.05) is 140 Å². The maximum atomic E-state index is 14.1. The average molecular weight is 809 g/mol. The lowest BCUT2D eigenvalue weighted by Crippen LogP contribution is -1.97. The first-order valence-corrected chi connectivity index (χ1v) is 21.2. The van der Waals surface area contributed by atoms with Gasteiger partial charge in [-0.2, -0.15) is 0 Å². The molecule has 0 saturated carbocycles. The van der Waals surface area contributed by atoms with E-state index in [-0.39, 0.29) is 5.82 Å². The van der Waals surface area contributed by atoms with E-state index in [4.69, 9.17) is 9.97 Å². The summed E-state index contributed by atoms with van der Waals surface area (Å²) in [6, 6.07) is 77.3. The van der Waals surface area contributed by atoms with Crippen LogP contribution in [0.5, 0.6) is 0 Å². The van der Waals surface area contributed by atoms with Gasteiger partial charge in [0.1, 0.15) is 5.82 Å². The molecule has 0 fully saturated rings. The molecule has 0 spiro atoms. The standard InChI is InChI=1S/C58H37FN4/c59-45-27-20-38(21-28-45)42-24-31-56-50(34-42)51-36-44(43-25-32-55-49(35-43)48-18-10-11-19-54(48)62(55)46-16-8-3-9-17-46)26-33-57(51)63(56)47-29-22-40(23-30-47)53-37-52(39-12-4-1-5-13-39)60-58(61-53)41-14-6-2-7-15-41/h1-37H. The first-order chi connectivity index (χ1) is 31.1. The topological polar surface area (TPSA) is 35.6 Å². The number of hydrogen-bond donors (Lipinski definition) is 0. The van der Waals surface area contributed by atoms with E-state index in [0.29, 0.717) is 5.82 Å². The Bertz CT molecular complexity index is 3590. The Morgan fingerprint density at radius 2 is 0.683 bits per heavy atom. The van der Waals surface area contributed by atoms with Crippen molar-refractivity contribution < 1.29 is 4.39 Å². The molecule has 9 aromatic carbocycles. The van der Waals surface area contributed by atoms with Gasteiger partial charge < -0.3 is 9.13 Å². The molecule has 0 aliphatic carbocycles. The minimum Gasteiger partial charge on any atom is -0.309 e. The van der Waals surface area contributed by atoms with Crippen LogP contribution in [0.2, 0.25) is 0 Å². The van der Waals surface area contributed by atoms with Gasteiger partial charge in [-0.15, -0.1) is 0 Å². The molecule has 3 heterocycles. The second-order valence-corrected chi connectivity index (χ2v) is 16.0. The zero-order chi connectivity index (χ0) is 41.9. The first-order valence-electron chi connectivity index (χ1n) is 21.2. The summed E-state index contributed by atoms with van der Waals surface area (Å²) in [6.45, 7) is 0. The van der Waals surface area contributed by atoms with E-state index in [9.17, 15) is 4.39 Å². The maximum absolute atomic E-state index is 14.1. The molecule has 0 unspecified atom stereocenters. The highest BCUT2D eigenvalue weighted by Crippen LogP contribution is 2.40. The van der Waals surface area contributed by atoms with Crippen LogP contribution in [0.1, 0.15) is 0 Å². The molecule has 0 saturated heterocycles. The Morgan fingerprint density at radius 1 is 0.286 bits per heavy atom. The predicted octanol–water partition coefficient (Wildman–Crippen LogP) is 15.1. The summed E-state index contributed by atoms with van der Waals surface area (Å²) in [6.07, 6.45) is 0. The fourth-order valence-electron chi connectivity index (χ4n) is 9.16. The van der Waals surface area contributed by atoms with Crippen LogP contribution < -0.4 is 0 Å². The van der Waals surface area contributed by atoms with Crippen molar-refractivity contribution in [3.05, 3.63) is 230 Å². The summed E-state index contributed by atoms with van der Waals surface area (Å²) in [5.74, 6) is 0.440. The number of nitrogens with zero attached hydrogens (tertiary/aromatic N) is 4. The lowest BCUT2D eigenvalue weighted by atomic mass is 9.99. The van der Waals surface area contributed by atoms with Gasteiger partial charge in [-0.05, 0) is 107 Å². The van der Waals surface area contributed by atoms with Gasteiger partial charge in [0.2, 0.25) is 0 Å². The summed E-state index contributed by atoms with van der Waals surface area (Å²) in [5, 5.41) is 4.69. The molecule has 0 aliphatic heterocycles. The highest BCUT2D eigenvalue weighted by atomic mass is 19.1.